The molecule has 0 spiro atoms. The Morgan fingerprint density at radius 2 is 1.94 bits per heavy atom. The molecule has 0 saturated heterocycles. The number of Topliss-reactive ketones (excluding diaryl/α,β-unsaturated/α-hetero) is 1. The van der Waals surface area contributed by atoms with Crippen molar-refractivity contribution in [2.45, 2.75) is 12.8 Å². The van der Waals surface area contributed by atoms with Crippen LogP contribution in [0.5, 0.6) is 0 Å². The van der Waals surface area contributed by atoms with Crippen molar-refractivity contribution in [1.82, 2.24) is 0 Å². The summed E-state index contributed by atoms with van der Waals surface area (Å²) in [5.41, 5.74) is 0.902. The summed E-state index contributed by atoms with van der Waals surface area (Å²) in [7, 11) is 1.24. The Balaban J connectivity index is 2.51. The van der Waals surface area contributed by atoms with Crippen molar-refractivity contribution in [1.29, 1.82) is 0 Å². The number of benzene rings is 1. The van der Waals surface area contributed by atoms with Gasteiger partial charge in [-0.3, -0.25) is 9.59 Å². The van der Waals surface area contributed by atoms with Crippen molar-refractivity contribution in [2.75, 3.05) is 13.7 Å². The number of carbonyl (C=O) groups excluding carboxylic acids is 2. The lowest BCUT2D eigenvalue weighted by Crippen LogP contribution is -2.23. The largest absolute Gasteiger partial charge is 0.469 e. The van der Waals surface area contributed by atoms with Crippen LogP contribution >= 0.6 is 0 Å². The number of methoxy groups -OCH3 is 1. The van der Waals surface area contributed by atoms with E-state index in [0.29, 0.717) is 0 Å². The smallest absolute Gasteiger partial charge is 0.311 e. The van der Waals surface area contributed by atoms with Crippen LogP contribution in [0.15, 0.2) is 30.3 Å². The summed E-state index contributed by atoms with van der Waals surface area (Å²) >= 11 is 0. The van der Waals surface area contributed by atoms with Gasteiger partial charge in [0.15, 0.2) is 0 Å². The van der Waals surface area contributed by atoms with E-state index in [0.717, 1.165) is 5.56 Å². The molecule has 4 heteroatoms. The van der Waals surface area contributed by atoms with Gasteiger partial charge in [0.1, 0.15) is 5.78 Å². The molecule has 0 fully saturated rings. The van der Waals surface area contributed by atoms with Gasteiger partial charge in [0.25, 0.3) is 0 Å². The maximum Gasteiger partial charge on any atom is 0.311 e. The molecular weight excluding hydrogens is 220 g/mol. The van der Waals surface area contributed by atoms with Crippen molar-refractivity contribution < 1.29 is 19.4 Å². The second kappa shape index (κ2) is 6.81. The highest BCUT2D eigenvalue weighted by atomic mass is 16.5. The van der Waals surface area contributed by atoms with E-state index >= 15 is 0 Å². The molecule has 0 aliphatic heterocycles. The summed E-state index contributed by atoms with van der Waals surface area (Å²) in [6.07, 6.45) is 0.284. The summed E-state index contributed by atoms with van der Waals surface area (Å²) in [5.74, 6) is -1.38. The van der Waals surface area contributed by atoms with Crippen molar-refractivity contribution in [2.24, 2.45) is 5.92 Å². The molecule has 1 unspecified atom stereocenters. The molecule has 0 aliphatic rings. The third-order valence-corrected chi connectivity index (χ3v) is 2.47. The Morgan fingerprint density at radius 1 is 1.29 bits per heavy atom. The molecule has 0 radical (unpaired) electrons. The number of ketones is 1. The third-order valence-electron chi connectivity index (χ3n) is 2.47. The van der Waals surface area contributed by atoms with Crippen molar-refractivity contribution in [3.05, 3.63) is 35.9 Å². The molecule has 0 bridgehead atoms. The van der Waals surface area contributed by atoms with E-state index in [-0.39, 0.29) is 25.2 Å². The van der Waals surface area contributed by atoms with E-state index in [4.69, 9.17) is 5.11 Å². The molecule has 0 aliphatic carbocycles. The predicted octanol–water partition coefficient (Wildman–Crippen LogP) is 0.970. The Hall–Kier alpha value is -1.68. The number of carbonyl (C=O) groups is 2. The Bertz CT molecular complexity index is 372. The Labute approximate surface area is 100 Å². The summed E-state index contributed by atoms with van der Waals surface area (Å²) in [5, 5.41) is 8.99. The van der Waals surface area contributed by atoms with Gasteiger partial charge in [-0.25, -0.2) is 0 Å². The highest BCUT2D eigenvalue weighted by Crippen LogP contribution is 2.09. The van der Waals surface area contributed by atoms with Crippen LogP contribution in [0.25, 0.3) is 0 Å². The fourth-order valence-electron chi connectivity index (χ4n) is 1.56. The van der Waals surface area contributed by atoms with E-state index < -0.39 is 11.9 Å². The van der Waals surface area contributed by atoms with Crippen LogP contribution in [0.3, 0.4) is 0 Å². The first-order valence-electron chi connectivity index (χ1n) is 5.41. The van der Waals surface area contributed by atoms with Gasteiger partial charge < -0.3 is 9.84 Å². The van der Waals surface area contributed by atoms with Gasteiger partial charge >= 0.3 is 5.97 Å². The Kier molecular flexibility index (Phi) is 5.36. The lowest BCUT2D eigenvalue weighted by Gasteiger charge is -2.10. The molecule has 0 aromatic heterocycles. The minimum atomic E-state index is -0.754. The number of rotatable bonds is 6. The van der Waals surface area contributed by atoms with Crippen LogP contribution in [-0.4, -0.2) is 30.6 Å². The molecule has 1 N–H and O–H groups in total. The predicted molar refractivity (Wildman–Crippen MR) is 62.4 cm³/mol. The summed E-state index contributed by atoms with van der Waals surface area (Å²) in [6.45, 7) is -0.368. The zero-order valence-electron chi connectivity index (χ0n) is 9.76. The molecule has 0 heterocycles. The van der Waals surface area contributed by atoms with Crippen molar-refractivity contribution in [3.63, 3.8) is 0 Å². The summed E-state index contributed by atoms with van der Waals surface area (Å²) in [6, 6.07) is 9.28. The molecule has 1 aromatic carbocycles. The number of hydrogen-bond acceptors (Lipinski definition) is 4. The first-order valence-corrected chi connectivity index (χ1v) is 5.41. The quantitative estimate of drug-likeness (QED) is 0.747. The second-order valence-corrected chi connectivity index (χ2v) is 3.81. The summed E-state index contributed by atoms with van der Waals surface area (Å²) in [4.78, 5) is 22.9. The third kappa shape index (κ3) is 4.36. The molecule has 1 rings (SSSR count). The first kappa shape index (κ1) is 13.4. The monoisotopic (exact) mass is 236 g/mol. The van der Waals surface area contributed by atoms with Crippen LogP contribution in [0, 0.1) is 5.92 Å². The van der Waals surface area contributed by atoms with Crippen LogP contribution in [-0.2, 0) is 20.7 Å². The van der Waals surface area contributed by atoms with Crippen molar-refractivity contribution >= 4 is 11.8 Å². The van der Waals surface area contributed by atoms with Crippen LogP contribution in [0.1, 0.15) is 12.0 Å². The van der Waals surface area contributed by atoms with Gasteiger partial charge in [0.05, 0.1) is 19.6 Å². The van der Waals surface area contributed by atoms with Gasteiger partial charge in [-0.05, 0) is 5.56 Å². The molecule has 0 amide bonds. The molecule has 1 atom stereocenters. The molecule has 92 valence electrons. The second-order valence-electron chi connectivity index (χ2n) is 3.81. The fourth-order valence-corrected chi connectivity index (χ4v) is 1.56. The SMILES string of the molecule is COC(=O)C(CO)CC(=O)Cc1ccccc1. The summed E-state index contributed by atoms with van der Waals surface area (Å²) < 4.78 is 4.50. The number of ether oxygens (including phenoxy) is 1. The molecule has 4 nitrogen and oxygen atoms in total. The van der Waals surface area contributed by atoms with Gasteiger partial charge in [-0.1, -0.05) is 30.3 Å². The Morgan fingerprint density at radius 3 is 2.47 bits per heavy atom. The average Bonchev–Trinajstić information content (AvgIpc) is 2.36. The lowest BCUT2D eigenvalue weighted by atomic mass is 9.99. The van der Waals surface area contributed by atoms with Gasteiger partial charge in [-0.2, -0.15) is 0 Å². The van der Waals surface area contributed by atoms with Gasteiger partial charge in [-0.15, -0.1) is 0 Å². The number of aliphatic hydroxyl groups is 1. The molecule has 0 saturated carbocycles. The number of esters is 1. The topological polar surface area (TPSA) is 63.6 Å². The van der Waals surface area contributed by atoms with Crippen LogP contribution in [0.2, 0.25) is 0 Å². The molecular formula is C13H16O4. The highest BCUT2D eigenvalue weighted by molar-refractivity contribution is 5.85. The van der Waals surface area contributed by atoms with E-state index in [9.17, 15) is 9.59 Å². The van der Waals surface area contributed by atoms with Gasteiger partial charge in [0, 0.05) is 12.8 Å². The maximum atomic E-state index is 11.7. The first-order chi connectivity index (χ1) is 8.17. The van der Waals surface area contributed by atoms with E-state index in [1.807, 2.05) is 30.3 Å². The molecule has 17 heavy (non-hydrogen) atoms. The number of hydrogen-bond donors (Lipinski definition) is 1. The normalized spacial score (nSPS) is 11.9. The maximum absolute atomic E-state index is 11.7. The average molecular weight is 236 g/mol. The van der Waals surface area contributed by atoms with Crippen LogP contribution < -0.4 is 0 Å². The highest BCUT2D eigenvalue weighted by Gasteiger charge is 2.21. The minimum Gasteiger partial charge on any atom is -0.469 e. The fraction of sp³-hybridized carbons (Fsp3) is 0.385. The zero-order chi connectivity index (χ0) is 12.7. The van der Waals surface area contributed by atoms with Crippen molar-refractivity contribution in [3.8, 4) is 0 Å². The van der Waals surface area contributed by atoms with Gasteiger partial charge in [0.2, 0.25) is 0 Å². The van der Waals surface area contributed by atoms with E-state index in [1.165, 1.54) is 7.11 Å². The van der Waals surface area contributed by atoms with Crippen LogP contribution in [0.4, 0.5) is 0 Å². The minimum absolute atomic E-state index is 0.0120. The lowest BCUT2D eigenvalue weighted by molar-refractivity contribution is -0.148. The molecule has 1 aromatic rings. The van der Waals surface area contributed by atoms with E-state index in [1.54, 1.807) is 0 Å². The van der Waals surface area contributed by atoms with E-state index in [2.05, 4.69) is 4.74 Å². The number of aliphatic hydroxyl groups excluding tert-OH is 1. The standard InChI is InChI=1S/C13H16O4/c1-17-13(16)11(9-14)8-12(15)7-10-5-3-2-4-6-10/h2-6,11,14H,7-9H2,1H3. The zero-order valence-corrected chi connectivity index (χ0v) is 9.76.